The van der Waals surface area contributed by atoms with E-state index in [0.717, 1.165) is 16.9 Å². The topological polar surface area (TPSA) is 47.8 Å². The van der Waals surface area contributed by atoms with Crippen molar-refractivity contribution in [2.75, 3.05) is 0 Å². The number of aryl methyl sites for hydroxylation is 1. The van der Waals surface area contributed by atoms with Crippen LogP contribution >= 0.6 is 11.3 Å². The summed E-state index contributed by atoms with van der Waals surface area (Å²) in [6, 6.07) is 12.0. The first-order valence-electron chi connectivity index (χ1n) is 7.08. The van der Waals surface area contributed by atoms with E-state index in [4.69, 9.17) is 0 Å². The molecule has 3 aromatic rings. The highest BCUT2D eigenvalue weighted by Crippen LogP contribution is 2.30. The Morgan fingerprint density at radius 2 is 2.00 bits per heavy atom. The lowest BCUT2D eigenvalue weighted by Gasteiger charge is -2.05. The van der Waals surface area contributed by atoms with Crippen LogP contribution in [0.5, 0.6) is 0 Å². The maximum absolute atomic E-state index is 12.5. The van der Waals surface area contributed by atoms with Crippen molar-refractivity contribution in [3.63, 3.8) is 0 Å². The Morgan fingerprint density at radius 3 is 2.71 bits per heavy atom. The molecule has 21 heavy (non-hydrogen) atoms. The highest BCUT2D eigenvalue weighted by molar-refractivity contribution is 7.21. The molecule has 0 aliphatic rings. The molecule has 0 saturated heterocycles. The quantitative estimate of drug-likeness (QED) is 0.740. The van der Waals surface area contributed by atoms with Crippen molar-refractivity contribution in [1.29, 1.82) is 0 Å². The molecule has 0 fully saturated rings. The number of benzene rings is 1. The van der Waals surface area contributed by atoms with Crippen molar-refractivity contribution < 1.29 is 0 Å². The van der Waals surface area contributed by atoms with Gasteiger partial charge in [0.15, 0.2) is 4.83 Å². The summed E-state index contributed by atoms with van der Waals surface area (Å²) in [7, 11) is 0. The van der Waals surface area contributed by atoms with E-state index in [0.29, 0.717) is 22.7 Å². The van der Waals surface area contributed by atoms with Crippen molar-refractivity contribution in [1.82, 2.24) is 15.0 Å². The minimum atomic E-state index is -0.0425. The number of hydrogen-bond acceptors (Lipinski definition) is 4. The van der Waals surface area contributed by atoms with Crippen LogP contribution in [0, 0.1) is 5.92 Å². The van der Waals surface area contributed by atoms with E-state index in [1.54, 1.807) is 0 Å². The Bertz CT molecular complexity index is 805. The molecule has 0 unspecified atom stereocenters. The van der Waals surface area contributed by atoms with E-state index >= 15 is 0 Å². The SMILES string of the molecule is CC(C)CCn1nnc2sc(-c3ccccc3)cc2c1=O. The standard InChI is InChI=1S/C16H17N3OS/c1-11(2)8-9-19-16(20)13-10-14(21-15(13)17-18-19)12-6-4-3-5-7-12/h3-7,10-11H,8-9H2,1-2H3. The fourth-order valence-electron chi connectivity index (χ4n) is 2.15. The van der Waals surface area contributed by atoms with Gasteiger partial charge in [0, 0.05) is 11.4 Å². The lowest BCUT2D eigenvalue weighted by Crippen LogP contribution is -2.24. The van der Waals surface area contributed by atoms with Gasteiger partial charge in [0.25, 0.3) is 5.56 Å². The number of fused-ring (bicyclic) bond motifs is 1. The van der Waals surface area contributed by atoms with Crippen molar-refractivity contribution in [2.24, 2.45) is 5.92 Å². The minimum absolute atomic E-state index is 0.0425. The minimum Gasteiger partial charge on any atom is -0.267 e. The predicted octanol–water partition coefficient (Wildman–Crippen LogP) is 3.57. The monoisotopic (exact) mass is 299 g/mol. The van der Waals surface area contributed by atoms with Gasteiger partial charge in [-0.2, -0.15) is 0 Å². The average molecular weight is 299 g/mol. The van der Waals surface area contributed by atoms with Crippen LogP contribution in [0.2, 0.25) is 0 Å². The molecule has 0 radical (unpaired) electrons. The maximum atomic E-state index is 12.5. The first kappa shape index (κ1) is 13.9. The van der Waals surface area contributed by atoms with Gasteiger partial charge in [-0.1, -0.05) is 49.4 Å². The van der Waals surface area contributed by atoms with Crippen molar-refractivity contribution in [2.45, 2.75) is 26.8 Å². The Hall–Kier alpha value is -2.01. The summed E-state index contributed by atoms with van der Waals surface area (Å²) in [5, 5.41) is 8.91. The maximum Gasteiger partial charge on any atom is 0.278 e. The predicted molar refractivity (Wildman–Crippen MR) is 86.6 cm³/mol. The molecule has 4 nitrogen and oxygen atoms in total. The average Bonchev–Trinajstić information content (AvgIpc) is 2.92. The molecular formula is C16H17N3OS. The number of hydrogen-bond donors (Lipinski definition) is 0. The lowest BCUT2D eigenvalue weighted by atomic mass is 10.1. The molecular weight excluding hydrogens is 282 g/mol. The third-order valence-corrected chi connectivity index (χ3v) is 4.47. The Kier molecular flexibility index (Phi) is 3.84. The van der Waals surface area contributed by atoms with Crippen LogP contribution in [0.15, 0.2) is 41.2 Å². The second kappa shape index (κ2) is 5.77. The molecule has 2 heterocycles. The van der Waals surface area contributed by atoms with Crippen molar-refractivity contribution >= 4 is 21.6 Å². The molecule has 3 rings (SSSR count). The fourth-order valence-corrected chi connectivity index (χ4v) is 3.13. The molecule has 0 aliphatic carbocycles. The molecule has 2 aromatic heterocycles. The van der Waals surface area contributed by atoms with E-state index in [1.165, 1.54) is 16.0 Å². The molecule has 0 aliphatic heterocycles. The summed E-state index contributed by atoms with van der Waals surface area (Å²) in [6.07, 6.45) is 0.926. The number of thiophene rings is 1. The second-order valence-corrected chi connectivity index (χ2v) is 6.53. The van der Waals surface area contributed by atoms with Crippen LogP contribution < -0.4 is 5.56 Å². The first-order chi connectivity index (χ1) is 10.1. The van der Waals surface area contributed by atoms with E-state index in [9.17, 15) is 4.79 Å². The summed E-state index contributed by atoms with van der Waals surface area (Å²) in [6.45, 7) is 4.89. The fraction of sp³-hybridized carbons (Fsp3) is 0.312. The van der Waals surface area contributed by atoms with Crippen LogP contribution in [-0.4, -0.2) is 15.0 Å². The van der Waals surface area contributed by atoms with E-state index < -0.39 is 0 Å². The van der Waals surface area contributed by atoms with Crippen LogP contribution in [0.25, 0.3) is 20.7 Å². The second-order valence-electron chi connectivity index (χ2n) is 5.50. The van der Waals surface area contributed by atoms with Gasteiger partial charge in [-0.15, -0.1) is 16.4 Å². The zero-order valence-electron chi connectivity index (χ0n) is 12.1. The summed E-state index contributed by atoms with van der Waals surface area (Å²) in [5.41, 5.74) is 1.06. The molecule has 5 heteroatoms. The molecule has 0 spiro atoms. The van der Waals surface area contributed by atoms with Crippen LogP contribution in [0.1, 0.15) is 20.3 Å². The van der Waals surface area contributed by atoms with Gasteiger partial charge in [0.1, 0.15) is 0 Å². The zero-order valence-corrected chi connectivity index (χ0v) is 12.9. The van der Waals surface area contributed by atoms with Crippen molar-refractivity contribution in [3.8, 4) is 10.4 Å². The van der Waals surface area contributed by atoms with Gasteiger partial charge in [-0.3, -0.25) is 4.79 Å². The Morgan fingerprint density at radius 1 is 1.24 bits per heavy atom. The van der Waals surface area contributed by atoms with Gasteiger partial charge in [0.2, 0.25) is 0 Å². The Labute approximate surface area is 127 Å². The number of aromatic nitrogens is 3. The smallest absolute Gasteiger partial charge is 0.267 e. The summed E-state index contributed by atoms with van der Waals surface area (Å²) in [5.74, 6) is 0.539. The third-order valence-electron chi connectivity index (χ3n) is 3.40. The molecule has 108 valence electrons. The number of rotatable bonds is 4. The molecule has 1 aromatic carbocycles. The van der Waals surface area contributed by atoms with E-state index in [1.807, 2.05) is 36.4 Å². The molecule has 0 N–H and O–H groups in total. The van der Waals surface area contributed by atoms with Gasteiger partial charge in [-0.25, -0.2) is 4.68 Å². The highest BCUT2D eigenvalue weighted by Gasteiger charge is 2.11. The van der Waals surface area contributed by atoms with Crippen LogP contribution in [0.4, 0.5) is 0 Å². The van der Waals surface area contributed by atoms with E-state index in [-0.39, 0.29) is 5.56 Å². The zero-order chi connectivity index (χ0) is 14.8. The lowest BCUT2D eigenvalue weighted by molar-refractivity contribution is 0.460. The molecule has 0 saturated carbocycles. The first-order valence-corrected chi connectivity index (χ1v) is 7.89. The van der Waals surface area contributed by atoms with Crippen LogP contribution in [-0.2, 0) is 6.54 Å². The summed E-state index contributed by atoms with van der Waals surface area (Å²) >= 11 is 1.51. The highest BCUT2D eigenvalue weighted by atomic mass is 32.1. The van der Waals surface area contributed by atoms with Crippen molar-refractivity contribution in [3.05, 3.63) is 46.8 Å². The third kappa shape index (κ3) is 2.88. The van der Waals surface area contributed by atoms with Gasteiger partial charge in [-0.05, 0) is 24.0 Å². The number of nitrogens with zero attached hydrogens (tertiary/aromatic N) is 3. The largest absolute Gasteiger partial charge is 0.278 e. The Balaban J connectivity index is 2.02. The van der Waals surface area contributed by atoms with Gasteiger partial charge >= 0.3 is 0 Å². The molecule has 0 atom stereocenters. The van der Waals surface area contributed by atoms with Gasteiger partial charge < -0.3 is 0 Å². The summed E-state index contributed by atoms with van der Waals surface area (Å²) in [4.78, 5) is 14.2. The summed E-state index contributed by atoms with van der Waals surface area (Å²) < 4.78 is 1.48. The van der Waals surface area contributed by atoms with E-state index in [2.05, 4.69) is 24.2 Å². The normalized spacial score (nSPS) is 11.4. The molecule has 0 amide bonds. The molecule has 0 bridgehead atoms. The van der Waals surface area contributed by atoms with Crippen LogP contribution in [0.3, 0.4) is 0 Å². The van der Waals surface area contributed by atoms with Gasteiger partial charge in [0.05, 0.1) is 5.39 Å².